The predicted molar refractivity (Wildman–Crippen MR) is 155 cm³/mol. The third-order valence-electron chi connectivity index (χ3n) is 7.50. The van der Waals surface area contributed by atoms with Crippen molar-refractivity contribution in [1.29, 1.82) is 0 Å². The van der Waals surface area contributed by atoms with Gasteiger partial charge in [0, 0.05) is 17.7 Å². The second-order valence-corrected chi connectivity index (χ2v) is 11.0. The van der Waals surface area contributed by atoms with Crippen LogP contribution in [-0.4, -0.2) is 9.49 Å². The van der Waals surface area contributed by atoms with Gasteiger partial charge in [0.2, 0.25) is 0 Å². The lowest BCUT2D eigenvalue weighted by Crippen LogP contribution is -2.38. The first-order valence-corrected chi connectivity index (χ1v) is 13.8. The highest BCUT2D eigenvalue weighted by molar-refractivity contribution is 7.07. The van der Waals surface area contributed by atoms with Crippen molar-refractivity contribution in [2.75, 3.05) is 0 Å². The molecule has 40 heavy (non-hydrogen) atoms. The second-order valence-electron chi connectivity index (χ2n) is 10.0. The van der Waals surface area contributed by atoms with Crippen LogP contribution in [0, 0.1) is 17.0 Å². The summed E-state index contributed by atoms with van der Waals surface area (Å²) in [6.07, 6.45) is 3.43. The van der Waals surface area contributed by atoms with Gasteiger partial charge in [0.1, 0.15) is 11.5 Å². The summed E-state index contributed by atoms with van der Waals surface area (Å²) >= 11 is 1.33. The van der Waals surface area contributed by atoms with Crippen LogP contribution in [0.3, 0.4) is 0 Å². The lowest BCUT2D eigenvalue weighted by molar-refractivity contribution is -0.384. The Balaban J connectivity index is 1.38. The molecule has 2 aromatic heterocycles. The maximum Gasteiger partial charge on any atom is 0.280 e. The first-order valence-electron chi connectivity index (χ1n) is 13.0. The van der Waals surface area contributed by atoms with E-state index >= 15 is 0 Å². The van der Waals surface area contributed by atoms with E-state index in [0.29, 0.717) is 26.4 Å². The van der Waals surface area contributed by atoms with Crippen LogP contribution in [0.1, 0.15) is 40.5 Å². The molecule has 2 aliphatic rings. The number of allylic oxidation sites excluding steroid dienone is 1. The molecular formula is C32H23N3O4S. The molecule has 3 heterocycles. The van der Waals surface area contributed by atoms with E-state index in [2.05, 4.69) is 30.3 Å². The standard InChI is InChI=1S/C32H23N3O4S/c1-19-11-14-24(26(17-19)35(37)38)27-16-13-22(39-27)18-28-31(36)34-30(21-8-3-2-4-9-21)25-15-12-20-7-5-6-10-23(20)29(25)33-32(34)40-28/h2-11,13-14,16-18,30H,12,15H2,1H3/b28-18+/t30-/m0/s1. The van der Waals surface area contributed by atoms with Crippen LogP contribution in [0.5, 0.6) is 0 Å². The Bertz CT molecular complexity index is 2030. The highest BCUT2D eigenvalue weighted by Gasteiger charge is 2.32. The Morgan fingerprint density at radius 2 is 1.80 bits per heavy atom. The van der Waals surface area contributed by atoms with Gasteiger partial charge in [-0.05, 0) is 60.2 Å². The number of fused-ring (bicyclic) bond motifs is 3. The van der Waals surface area contributed by atoms with Crippen molar-refractivity contribution in [2.45, 2.75) is 25.8 Å². The Hall–Kier alpha value is -4.82. The summed E-state index contributed by atoms with van der Waals surface area (Å²) in [6, 6.07) is 26.6. The SMILES string of the molecule is Cc1ccc(-c2ccc(/C=c3/sc4n(c3=O)[C@@H](c3ccccc3)C3=C(N=4)c4ccccc4CC3)o2)c([N+](=O)[O-])c1. The molecule has 0 saturated carbocycles. The molecule has 8 heteroatoms. The van der Waals surface area contributed by atoms with Crippen molar-refractivity contribution < 1.29 is 9.34 Å². The van der Waals surface area contributed by atoms with Crippen molar-refractivity contribution in [3.05, 3.63) is 148 Å². The van der Waals surface area contributed by atoms with Gasteiger partial charge >= 0.3 is 0 Å². The summed E-state index contributed by atoms with van der Waals surface area (Å²) in [4.78, 5) is 30.8. The van der Waals surface area contributed by atoms with E-state index in [1.165, 1.54) is 23.0 Å². The highest BCUT2D eigenvalue weighted by Crippen LogP contribution is 2.41. The lowest BCUT2D eigenvalue weighted by Gasteiger charge is -2.30. The molecular weight excluding hydrogens is 522 g/mol. The number of aryl methyl sites for hydroxylation is 2. The maximum absolute atomic E-state index is 13.9. The average molecular weight is 546 g/mol. The molecule has 1 aliphatic carbocycles. The molecule has 0 bridgehead atoms. The van der Waals surface area contributed by atoms with Crippen LogP contribution in [-0.2, 0) is 6.42 Å². The molecule has 0 saturated heterocycles. The van der Waals surface area contributed by atoms with Gasteiger partial charge in [0.05, 0.1) is 26.8 Å². The van der Waals surface area contributed by atoms with E-state index in [-0.39, 0.29) is 17.3 Å². The molecule has 3 aromatic carbocycles. The number of benzene rings is 3. The molecule has 0 unspecified atom stereocenters. The molecule has 7 nitrogen and oxygen atoms in total. The number of aromatic nitrogens is 1. The summed E-state index contributed by atoms with van der Waals surface area (Å²) in [5.41, 5.74) is 6.57. The average Bonchev–Trinajstić information content (AvgIpc) is 3.56. The number of hydrogen-bond donors (Lipinski definition) is 0. The molecule has 0 amide bonds. The maximum atomic E-state index is 13.9. The van der Waals surface area contributed by atoms with Gasteiger partial charge in [-0.2, -0.15) is 0 Å². The first-order chi connectivity index (χ1) is 19.5. The Kier molecular flexibility index (Phi) is 5.71. The van der Waals surface area contributed by atoms with Crippen LogP contribution in [0.15, 0.2) is 105 Å². The molecule has 196 valence electrons. The lowest BCUT2D eigenvalue weighted by atomic mass is 9.83. The largest absolute Gasteiger partial charge is 0.456 e. The van der Waals surface area contributed by atoms with E-state index in [4.69, 9.17) is 9.41 Å². The van der Waals surface area contributed by atoms with Gasteiger partial charge in [0.25, 0.3) is 11.2 Å². The highest BCUT2D eigenvalue weighted by atomic mass is 32.1. The summed E-state index contributed by atoms with van der Waals surface area (Å²) in [7, 11) is 0. The summed E-state index contributed by atoms with van der Waals surface area (Å²) in [5, 5.41) is 11.6. The number of nitro groups is 1. The van der Waals surface area contributed by atoms with Gasteiger partial charge < -0.3 is 4.42 Å². The number of hydrogen-bond acceptors (Lipinski definition) is 6. The monoisotopic (exact) mass is 545 g/mol. The molecule has 7 rings (SSSR count). The van der Waals surface area contributed by atoms with Gasteiger partial charge in [-0.3, -0.25) is 19.5 Å². The summed E-state index contributed by atoms with van der Waals surface area (Å²) in [6.45, 7) is 1.81. The van der Waals surface area contributed by atoms with Gasteiger partial charge in [-0.1, -0.05) is 72.0 Å². The van der Waals surface area contributed by atoms with Gasteiger partial charge in [-0.25, -0.2) is 4.99 Å². The smallest absolute Gasteiger partial charge is 0.280 e. The zero-order valence-electron chi connectivity index (χ0n) is 21.5. The fourth-order valence-electron chi connectivity index (χ4n) is 5.66. The quantitative estimate of drug-likeness (QED) is 0.211. The van der Waals surface area contributed by atoms with Crippen LogP contribution in [0.4, 0.5) is 5.69 Å². The van der Waals surface area contributed by atoms with E-state index in [9.17, 15) is 14.9 Å². The van der Waals surface area contributed by atoms with Crippen molar-refractivity contribution in [1.82, 2.24) is 4.57 Å². The molecule has 0 spiro atoms. The number of rotatable bonds is 4. The Morgan fingerprint density at radius 3 is 2.62 bits per heavy atom. The van der Waals surface area contributed by atoms with Crippen LogP contribution >= 0.6 is 11.3 Å². The number of thiazole rings is 1. The third-order valence-corrected chi connectivity index (χ3v) is 8.49. The fraction of sp³-hybridized carbons (Fsp3) is 0.125. The van der Waals surface area contributed by atoms with E-state index in [1.807, 2.05) is 37.3 Å². The Morgan fingerprint density at radius 1 is 1.00 bits per heavy atom. The van der Waals surface area contributed by atoms with E-state index in [1.54, 1.807) is 28.8 Å². The minimum absolute atomic E-state index is 0.0194. The molecule has 0 radical (unpaired) electrons. The minimum Gasteiger partial charge on any atom is -0.456 e. The van der Waals surface area contributed by atoms with E-state index in [0.717, 1.165) is 40.8 Å². The van der Waals surface area contributed by atoms with Crippen LogP contribution in [0.25, 0.3) is 23.1 Å². The van der Waals surface area contributed by atoms with Crippen molar-refractivity contribution in [3.63, 3.8) is 0 Å². The zero-order valence-corrected chi connectivity index (χ0v) is 22.4. The van der Waals surface area contributed by atoms with Crippen molar-refractivity contribution >= 4 is 28.8 Å². The minimum atomic E-state index is -0.411. The van der Waals surface area contributed by atoms with Gasteiger partial charge in [-0.15, -0.1) is 0 Å². The number of furan rings is 1. The second kappa shape index (κ2) is 9.43. The van der Waals surface area contributed by atoms with Crippen molar-refractivity contribution in [2.24, 2.45) is 4.99 Å². The summed E-state index contributed by atoms with van der Waals surface area (Å²) < 4.78 is 8.29. The first kappa shape index (κ1) is 24.2. The Labute approximate surface area is 232 Å². The normalized spacial score (nSPS) is 16.2. The number of nitro benzene ring substituents is 1. The predicted octanol–water partition coefficient (Wildman–Crippen LogP) is 5.80. The van der Waals surface area contributed by atoms with Gasteiger partial charge in [0.15, 0.2) is 4.80 Å². The zero-order chi connectivity index (χ0) is 27.4. The fourth-order valence-corrected chi connectivity index (χ4v) is 6.64. The molecule has 0 fully saturated rings. The number of nitrogens with zero attached hydrogens (tertiary/aromatic N) is 3. The van der Waals surface area contributed by atoms with Crippen LogP contribution < -0.4 is 14.9 Å². The molecule has 0 N–H and O–H groups in total. The molecule has 1 aliphatic heterocycles. The topological polar surface area (TPSA) is 90.6 Å². The molecule has 5 aromatic rings. The molecule has 1 atom stereocenters. The van der Waals surface area contributed by atoms with E-state index < -0.39 is 4.92 Å². The van der Waals surface area contributed by atoms with Crippen molar-refractivity contribution in [3.8, 4) is 11.3 Å². The summed E-state index contributed by atoms with van der Waals surface area (Å²) in [5.74, 6) is 0.820. The van der Waals surface area contributed by atoms with Crippen LogP contribution in [0.2, 0.25) is 0 Å². The third kappa shape index (κ3) is 3.96.